The minimum Gasteiger partial charge on any atom is -0.494 e. The summed E-state index contributed by atoms with van der Waals surface area (Å²) in [6.07, 6.45) is 2.16. The molecule has 8 heteroatoms. The van der Waals surface area contributed by atoms with E-state index < -0.39 is 23.2 Å². The molecule has 0 radical (unpaired) electrons. The molecule has 0 aliphatic carbocycles. The van der Waals surface area contributed by atoms with Crippen LogP contribution in [0.3, 0.4) is 0 Å². The first-order valence-electron chi connectivity index (χ1n) is 12.2. The maximum Gasteiger partial charge on any atom is 0.217 e. The average molecular weight is 539 g/mol. The Morgan fingerprint density at radius 3 is 2.39 bits per heavy atom. The summed E-state index contributed by atoms with van der Waals surface area (Å²) in [7, 11) is 6.66. The number of fused-ring (bicyclic) bond motifs is 1. The number of hydrogen-bond donors (Lipinski definition) is 1. The molecule has 0 amide bonds. The summed E-state index contributed by atoms with van der Waals surface area (Å²) in [5.41, 5.74) is -0.0343. The first-order chi connectivity index (χ1) is 18.2. The smallest absolute Gasteiger partial charge is 0.217 e. The standard InChI is InChI=1S/C30H32F2N2O3S/c1-34(2)15-14-30(35,20-8-6-9-21(31)18-20)27(23-10-7-11-26(36-3)28(23)32)24-17-19-16-22(38-5)12-13-25(19)33-29(24)37-4/h6-13,16-18,27,35H,14-15H2,1-5H3/t27-,30+/m0/s1. The second-order valence-corrected chi connectivity index (χ2v) is 10.3. The molecule has 38 heavy (non-hydrogen) atoms. The van der Waals surface area contributed by atoms with E-state index in [9.17, 15) is 9.50 Å². The molecule has 0 bridgehead atoms. The van der Waals surface area contributed by atoms with Gasteiger partial charge in [-0.2, -0.15) is 0 Å². The Hall–Kier alpha value is -3.20. The fraction of sp³-hybridized carbons (Fsp3) is 0.300. The van der Waals surface area contributed by atoms with Crippen LogP contribution in [0.5, 0.6) is 11.6 Å². The number of halogens is 2. The van der Waals surface area contributed by atoms with Crippen molar-refractivity contribution in [1.82, 2.24) is 9.88 Å². The largest absolute Gasteiger partial charge is 0.494 e. The molecule has 0 aliphatic heterocycles. The number of pyridine rings is 1. The van der Waals surface area contributed by atoms with Crippen molar-refractivity contribution in [3.63, 3.8) is 0 Å². The lowest BCUT2D eigenvalue weighted by molar-refractivity contribution is 0.00255. The van der Waals surface area contributed by atoms with Gasteiger partial charge >= 0.3 is 0 Å². The maximum atomic E-state index is 16.0. The van der Waals surface area contributed by atoms with Crippen LogP contribution in [0, 0.1) is 11.6 Å². The van der Waals surface area contributed by atoms with Crippen LogP contribution in [-0.2, 0) is 5.60 Å². The van der Waals surface area contributed by atoms with Crippen LogP contribution in [0.4, 0.5) is 8.78 Å². The van der Waals surface area contributed by atoms with E-state index >= 15 is 4.39 Å². The highest BCUT2D eigenvalue weighted by molar-refractivity contribution is 7.98. The number of methoxy groups -OCH3 is 2. The summed E-state index contributed by atoms with van der Waals surface area (Å²) >= 11 is 1.59. The summed E-state index contributed by atoms with van der Waals surface area (Å²) < 4.78 is 41.6. The van der Waals surface area contributed by atoms with Gasteiger partial charge in [0.1, 0.15) is 11.4 Å². The summed E-state index contributed by atoms with van der Waals surface area (Å²) in [5.74, 6) is -1.83. The first kappa shape index (κ1) is 27.8. The van der Waals surface area contributed by atoms with Crippen LogP contribution in [-0.4, -0.2) is 56.1 Å². The Kier molecular flexibility index (Phi) is 8.55. The Labute approximate surface area is 226 Å². The van der Waals surface area contributed by atoms with Gasteiger partial charge in [-0.05, 0) is 74.8 Å². The zero-order chi connectivity index (χ0) is 27.4. The van der Waals surface area contributed by atoms with Crippen LogP contribution < -0.4 is 9.47 Å². The third kappa shape index (κ3) is 5.48. The average Bonchev–Trinajstić information content (AvgIpc) is 2.92. The number of benzene rings is 3. The lowest BCUT2D eigenvalue weighted by Crippen LogP contribution is -2.38. The van der Waals surface area contributed by atoms with E-state index in [4.69, 9.17) is 14.5 Å². The number of ether oxygens (including phenoxy) is 2. The van der Waals surface area contributed by atoms with Crippen molar-refractivity contribution >= 4 is 22.7 Å². The molecule has 5 nitrogen and oxygen atoms in total. The van der Waals surface area contributed by atoms with Crippen molar-refractivity contribution in [1.29, 1.82) is 0 Å². The van der Waals surface area contributed by atoms with Crippen LogP contribution >= 0.6 is 11.8 Å². The van der Waals surface area contributed by atoms with Crippen molar-refractivity contribution in [2.24, 2.45) is 0 Å². The van der Waals surface area contributed by atoms with E-state index in [2.05, 4.69) is 0 Å². The second-order valence-electron chi connectivity index (χ2n) is 9.43. The molecule has 0 aliphatic rings. The summed E-state index contributed by atoms with van der Waals surface area (Å²) in [4.78, 5) is 7.68. The van der Waals surface area contributed by atoms with Gasteiger partial charge in [-0.25, -0.2) is 13.8 Å². The lowest BCUT2D eigenvalue weighted by atomic mass is 9.71. The number of nitrogens with zero attached hydrogens (tertiary/aromatic N) is 2. The van der Waals surface area contributed by atoms with Gasteiger partial charge in [0.05, 0.1) is 25.7 Å². The van der Waals surface area contributed by atoms with E-state index in [-0.39, 0.29) is 23.6 Å². The number of thioether (sulfide) groups is 1. The van der Waals surface area contributed by atoms with Gasteiger partial charge in [0.2, 0.25) is 5.88 Å². The molecular formula is C30H32F2N2O3S. The molecule has 0 saturated heterocycles. The predicted molar refractivity (Wildman–Crippen MR) is 148 cm³/mol. The van der Waals surface area contributed by atoms with E-state index in [0.717, 1.165) is 10.3 Å². The molecule has 200 valence electrons. The van der Waals surface area contributed by atoms with Crippen molar-refractivity contribution in [3.8, 4) is 11.6 Å². The highest BCUT2D eigenvalue weighted by atomic mass is 32.2. The minimum atomic E-state index is -1.74. The van der Waals surface area contributed by atoms with Gasteiger partial charge in [-0.15, -0.1) is 11.8 Å². The van der Waals surface area contributed by atoms with Crippen molar-refractivity contribution < 1.29 is 23.4 Å². The van der Waals surface area contributed by atoms with Gasteiger partial charge < -0.3 is 19.5 Å². The molecule has 1 aromatic heterocycles. The quantitative estimate of drug-likeness (QED) is 0.242. The topological polar surface area (TPSA) is 54.8 Å². The Morgan fingerprint density at radius 1 is 0.974 bits per heavy atom. The van der Waals surface area contributed by atoms with E-state index in [1.807, 2.05) is 49.5 Å². The molecule has 0 saturated carbocycles. The minimum absolute atomic E-state index is 0.0408. The van der Waals surface area contributed by atoms with Gasteiger partial charge in [0.15, 0.2) is 11.6 Å². The van der Waals surface area contributed by atoms with Crippen LogP contribution in [0.25, 0.3) is 10.9 Å². The van der Waals surface area contributed by atoms with Gasteiger partial charge in [0, 0.05) is 28.0 Å². The third-order valence-electron chi connectivity index (χ3n) is 6.79. The Balaban J connectivity index is 2.09. The van der Waals surface area contributed by atoms with E-state index in [0.29, 0.717) is 23.2 Å². The van der Waals surface area contributed by atoms with Gasteiger partial charge in [-0.3, -0.25) is 0 Å². The first-order valence-corrected chi connectivity index (χ1v) is 13.4. The Bertz CT molecular complexity index is 1430. The molecule has 4 aromatic rings. The predicted octanol–water partition coefficient (Wildman–Crippen LogP) is 6.22. The number of rotatable bonds is 10. The summed E-state index contributed by atoms with van der Waals surface area (Å²) in [6.45, 7) is 0.453. The molecular weight excluding hydrogens is 506 g/mol. The highest BCUT2D eigenvalue weighted by Gasteiger charge is 2.44. The zero-order valence-corrected chi connectivity index (χ0v) is 23.0. The zero-order valence-electron chi connectivity index (χ0n) is 22.2. The maximum absolute atomic E-state index is 16.0. The van der Waals surface area contributed by atoms with Crippen LogP contribution in [0.1, 0.15) is 29.0 Å². The van der Waals surface area contributed by atoms with Crippen LogP contribution in [0.15, 0.2) is 71.6 Å². The summed E-state index contributed by atoms with van der Waals surface area (Å²) in [5, 5.41) is 13.4. The molecule has 3 aromatic carbocycles. The third-order valence-corrected chi connectivity index (χ3v) is 7.51. The molecule has 0 unspecified atom stereocenters. The fourth-order valence-electron chi connectivity index (χ4n) is 4.85. The number of aromatic nitrogens is 1. The normalized spacial score (nSPS) is 13.9. The van der Waals surface area contributed by atoms with Crippen LogP contribution in [0.2, 0.25) is 0 Å². The SMILES string of the molecule is COc1cccc([C@@H](c2cc3cc(SC)ccc3nc2OC)[C@@](O)(CCN(C)C)c2cccc(F)c2)c1F. The van der Waals surface area contributed by atoms with Crippen molar-refractivity contribution in [2.45, 2.75) is 22.8 Å². The van der Waals surface area contributed by atoms with E-state index in [1.165, 1.54) is 32.4 Å². The number of hydrogen-bond acceptors (Lipinski definition) is 6. The van der Waals surface area contributed by atoms with Crippen molar-refractivity contribution in [3.05, 3.63) is 95.1 Å². The van der Waals surface area contributed by atoms with E-state index in [1.54, 1.807) is 36.0 Å². The summed E-state index contributed by atoms with van der Waals surface area (Å²) in [6, 6.07) is 18.4. The molecule has 0 spiro atoms. The molecule has 1 N–H and O–H groups in total. The van der Waals surface area contributed by atoms with Crippen molar-refractivity contribution in [2.75, 3.05) is 41.1 Å². The molecule has 1 heterocycles. The Morgan fingerprint density at radius 2 is 1.74 bits per heavy atom. The molecule has 4 rings (SSSR count). The highest BCUT2D eigenvalue weighted by Crippen LogP contribution is 2.49. The van der Waals surface area contributed by atoms with Gasteiger partial charge in [0.25, 0.3) is 0 Å². The molecule has 2 atom stereocenters. The lowest BCUT2D eigenvalue weighted by Gasteiger charge is -2.39. The number of aliphatic hydroxyl groups is 1. The fourth-order valence-corrected chi connectivity index (χ4v) is 5.30. The monoisotopic (exact) mass is 538 g/mol. The second kappa shape index (κ2) is 11.7. The molecule has 0 fully saturated rings. The van der Waals surface area contributed by atoms with Gasteiger partial charge in [-0.1, -0.05) is 24.3 Å².